The lowest BCUT2D eigenvalue weighted by molar-refractivity contribution is -0.147. The molecule has 5 amide bonds. The fraction of sp³-hybridized carbons (Fsp3) is 0.417. The predicted molar refractivity (Wildman–Crippen MR) is 63.3 cm³/mol. The van der Waals surface area contributed by atoms with E-state index < -0.39 is 17.7 Å². The largest absolute Gasteiger partial charge is 0.296 e. The molecule has 0 unspecified atom stereocenters. The van der Waals surface area contributed by atoms with Gasteiger partial charge in [-0.1, -0.05) is 6.58 Å². The Morgan fingerprint density at radius 3 is 1.68 bits per heavy atom. The van der Waals surface area contributed by atoms with Crippen molar-refractivity contribution in [1.82, 2.24) is 10.2 Å². The Hall–Kier alpha value is -2.31. The number of hydrogen-bond donors (Lipinski definition) is 1. The quantitative estimate of drug-likeness (QED) is 0.517. The minimum absolute atomic E-state index is 0.137. The first-order valence-electron chi connectivity index (χ1n) is 5.71. The molecule has 0 aromatic heterocycles. The van der Waals surface area contributed by atoms with Gasteiger partial charge in [-0.2, -0.15) is 0 Å². The number of likely N-dealkylation sites (tertiary alicyclic amines) is 1. The van der Waals surface area contributed by atoms with Crippen LogP contribution < -0.4 is 5.32 Å². The normalized spacial score (nSPS) is 18.1. The molecule has 0 aromatic carbocycles. The van der Waals surface area contributed by atoms with Crippen molar-refractivity contribution in [3.05, 3.63) is 12.2 Å². The van der Waals surface area contributed by atoms with Gasteiger partial charge in [0, 0.05) is 31.3 Å². The van der Waals surface area contributed by atoms with Crippen LogP contribution in [0.4, 0.5) is 0 Å². The summed E-state index contributed by atoms with van der Waals surface area (Å²) in [6.07, 6.45) is 1.02. The summed E-state index contributed by atoms with van der Waals surface area (Å²) in [6.45, 7) is 4.85. The second kappa shape index (κ2) is 6.03. The van der Waals surface area contributed by atoms with E-state index in [4.69, 9.17) is 0 Å². The third kappa shape index (κ3) is 3.84. The van der Waals surface area contributed by atoms with Crippen LogP contribution in [-0.4, -0.2) is 34.4 Å². The van der Waals surface area contributed by atoms with Crippen molar-refractivity contribution in [3.8, 4) is 0 Å². The third-order valence-electron chi connectivity index (χ3n) is 2.48. The van der Waals surface area contributed by atoms with Gasteiger partial charge in [-0.25, -0.2) is 4.90 Å². The number of carbonyl (C=O) groups is 5. The van der Waals surface area contributed by atoms with Crippen molar-refractivity contribution in [1.29, 1.82) is 0 Å². The molecule has 2 heterocycles. The van der Waals surface area contributed by atoms with Crippen molar-refractivity contribution >= 4 is 29.5 Å². The van der Waals surface area contributed by atoms with Crippen molar-refractivity contribution in [3.63, 3.8) is 0 Å². The van der Waals surface area contributed by atoms with Gasteiger partial charge < -0.3 is 0 Å². The van der Waals surface area contributed by atoms with E-state index >= 15 is 0 Å². The smallest absolute Gasteiger partial charge is 0.262 e. The molecule has 2 aliphatic heterocycles. The predicted octanol–water partition coefficient (Wildman–Crippen LogP) is -0.339. The molecule has 2 aliphatic rings. The second-order valence-corrected chi connectivity index (χ2v) is 4.18. The molecule has 2 rings (SSSR count). The number of nitrogens with zero attached hydrogens (tertiary/aromatic N) is 1. The van der Waals surface area contributed by atoms with Gasteiger partial charge in [0.05, 0.1) is 0 Å². The van der Waals surface area contributed by atoms with Crippen LogP contribution >= 0.6 is 0 Å². The zero-order valence-electron chi connectivity index (χ0n) is 10.5. The summed E-state index contributed by atoms with van der Waals surface area (Å²) in [5.41, 5.74) is 0.207. The van der Waals surface area contributed by atoms with Crippen molar-refractivity contribution in [2.24, 2.45) is 0 Å². The highest BCUT2D eigenvalue weighted by Crippen LogP contribution is 2.13. The van der Waals surface area contributed by atoms with Crippen molar-refractivity contribution in [2.45, 2.75) is 32.6 Å². The summed E-state index contributed by atoms with van der Waals surface area (Å²) in [5.74, 6) is -1.72. The molecule has 0 radical (unpaired) electrons. The minimum Gasteiger partial charge on any atom is -0.296 e. The molecule has 102 valence electrons. The average molecular weight is 266 g/mol. The molecule has 7 nitrogen and oxygen atoms in total. The Labute approximate surface area is 109 Å². The molecular formula is C12H14N2O5. The zero-order chi connectivity index (χ0) is 14.6. The van der Waals surface area contributed by atoms with Crippen LogP contribution in [0.25, 0.3) is 0 Å². The Bertz CT molecular complexity index is 451. The molecule has 0 aliphatic carbocycles. The van der Waals surface area contributed by atoms with E-state index in [9.17, 15) is 24.0 Å². The van der Waals surface area contributed by atoms with Crippen LogP contribution in [-0.2, 0) is 24.0 Å². The number of rotatable bonds is 1. The molecule has 0 bridgehead atoms. The Kier molecular flexibility index (Phi) is 4.68. The summed E-state index contributed by atoms with van der Waals surface area (Å²) in [4.78, 5) is 54.0. The molecule has 0 aromatic rings. The summed E-state index contributed by atoms with van der Waals surface area (Å²) < 4.78 is 0. The highest BCUT2D eigenvalue weighted by Gasteiger charge is 2.34. The monoisotopic (exact) mass is 266 g/mol. The van der Waals surface area contributed by atoms with Crippen LogP contribution in [0.3, 0.4) is 0 Å². The Morgan fingerprint density at radius 1 is 1.00 bits per heavy atom. The molecule has 0 saturated carbocycles. The first kappa shape index (κ1) is 14.7. The molecule has 7 heteroatoms. The SMILES string of the molecule is C=C(C)C(=O)N1C(=O)CCC1=O.O=C1CCC(=O)N1. The van der Waals surface area contributed by atoms with Crippen LogP contribution in [0.1, 0.15) is 32.6 Å². The van der Waals surface area contributed by atoms with E-state index in [-0.39, 0.29) is 30.2 Å². The average Bonchev–Trinajstić information content (AvgIpc) is 2.85. The van der Waals surface area contributed by atoms with Crippen LogP contribution in [0.15, 0.2) is 12.2 Å². The van der Waals surface area contributed by atoms with E-state index in [2.05, 4.69) is 11.9 Å². The van der Waals surface area contributed by atoms with Gasteiger partial charge in [0.25, 0.3) is 5.91 Å². The number of hydrogen-bond acceptors (Lipinski definition) is 5. The summed E-state index contributed by atoms with van der Waals surface area (Å²) in [5, 5.41) is 2.14. The Morgan fingerprint density at radius 2 is 1.42 bits per heavy atom. The molecule has 19 heavy (non-hydrogen) atoms. The first-order valence-corrected chi connectivity index (χ1v) is 5.71. The van der Waals surface area contributed by atoms with Gasteiger partial charge in [-0.05, 0) is 6.92 Å². The van der Waals surface area contributed by atoms with Gasteiger partial charge in [-0.3, -0.25) is 29.3 Å². The summed E-state index contributed by atoms with van der Waals surface area (Å²) >= 11 is 0. The zero-order valence-corrected chi connectivity index (χ0v) is 10.5. The third-order valence-corrected chi connectivity index (χ3v) is 2.48. The molecule has 2 fully saturated rings. The van der Waals surface area contributed by atoms with Gasteiger partial charge in [-0.15, -0.1) is 0 Å². The maximum absolute atomic E-state index is 11.2. The number of carbonyl (C=O) groups excluding carboxylic acids is 5. The van der Waals surface area contributed by atoms with Gasteiger partial charge in [0.2, 0.25) is 23.6 Å². The van der Waals surface area contributed by atoms with Crippen LogP contribution in [0.5, 0.6) is 0 Å². The minimum atomic E-state index is -0.581. The van der Waals surface area contributed by atoms with Crippen molar-refractivity contribution in [2.75, 3.05) is 0 Å². The molecular weight excluding hydrogens is 252 g/mol. The number of imide groups is 4. The van der Waals surface area contributed by atoms with E-state index in [0.717, 1.165) is 0 Å². The lowest BCUT2D eigenvalue weighted by atomic mass is 10.3. The van der Waals surface area contributed by atoms with E-state index in [1.165, 1.54) is 6.92 Å². The maximum atomic E-state index is 11.2. The summed E-state index contributed by atoms with van der Waals surface area (Å²) in [6, 6.07) is 0. The van der Waals surface area contributed by atoms with Crippen LogP contribution in [0, 0.1) is 0 Å². The molecule has 2 saturated heterocycles. The molecule has 0 spiro atoms. The van der Waals surface area contributed by atoms with E-state index in [0.29, 0.717) is 17.7 Å². The Balaban J connectivity index is 0.000000218. The highest BCUT2D eigenvalue weighted by molar-refractivity contribution is 6.19. The van der Waals surface area contributed by atoms with Gasteiger partial charge in [0.15, 0.2) is 0 Å². The second-order valence-electron chi connectivity index (χ2n) is 4.18. The fourth-order valence-corrected chi connectivity index (χ4v) is 1.50. The number of amides is 5. The fourth-order valence-electron chi connectivity index (χ4n) is 1.50. The molecule has 1 N–H and O–H groups in total. The lowest BCUT2D eigenvalue weighted by Crippen LogP contribution is -2.35. The maximum Gasteiger partial charge on any atom is 0.262 e. The van der Waals surface area contributed by atoms with Gasteiger partial charge >= 0.3 is 0 Å². The van der Waals surface area contributed by atoms with Gasteiger partial charge in [0.1, 0.15) is 0 Å². The topological polar surface area (TPSA) is 101 Å². The standard InChI is InChI=1S/C8H9NO3.C4H5NO2/c1-5(2)8(12)9-6(10)3-4-7(9)11;6-3-1-2-4(7)5-3/h1,3-4H2,2H3;1-2H2,(H,5,6,7). The van der Waals surface area contributed by atoms with Crippen molar-refractivity contribution < 1.29 is 24.0 Å². The molecule has 0 atom stereocenters. The van der Waals surface area contributed by atoms with E-state index in [1.807, 2.05) is 0 Å². The highest BCUT2D eigenvalue weighted by atomic mass is 16.2. The number of nitrogens with one attached hydrogen (secondary N) is 1. The van der Waals surface area contributed by atoms with Crippen LogP contribution in [0.2, 0.25) is 0 Å². The first-order chi connectivity index (χ1) is 8.82. The van der Waals surface area contributed by atoms with E-state index in [1.54, 1.807) is 0 Å². The lowest BCUT2D eigenvalue weighted by Gasteiger charge is -2.10. The summed E-state index contributed by atoms with van der Waals surface area (Å²) in [7, 11) is 0.